The van der Waals surface area contributed by atoms with Crippen LogP contribution in [0.1, 0.15) is 5.56 Å². The van der Waals surface area contributed by atoms with Gasteiger partial charge in [-0.3, -0.25) is 10.1 Å². The molecule has 1 aromatic carbocycles. The third-order valence-corrected chi connectivity index (χ3v) is 2.17. The fourth-order valence-corrected chi connectivity index (χ4v) is 1.45. The standard InChI is InChI=1S/C10H7NO5/c12-10(13)9-7(11(14)15)5-6-3-1-2-4-8(6)16-9/h1-5,9H,(H,12,13). The number of benzene rings is 1. The highest BCUT2D eigenvalue weighted by Crippen LogP contribution is 2.29. The van der Waals surface area contributed by atoms with Crippen molar-refractivity contribution in [1.29, 1.82) is 0 Å². The Morgan fingerprint density at radius 2 is 2.12 bits per heavy atom. The van der Waals surface area contributed by atoms with Crippen molar-refractivity contribution in [2.45, 2.75) is 6.10 Å². The van der Waals surface area contributed by atoms with E-state index in [1.54, 1.807) is 24.3 Å². The SMILES string of the molecule is O=C(O)C1Oc2ccccc2C=C1[N+](=O)[O-]. The molecule has 1 heterocycles. The summed E-state index contributed by atoms with van der Waals surface area (Å²) in [5, 5.41) is 19.5. The number of fused-ring (bicyclic) bond motifs is 1. The minimum atomic E-state index is -1.55. The van der Waals surface area contributed by atoms with Crippen LogP contribution in [-0.4, -0.2) is 22.1 Å². The zero-order chi connectivity index (χ0) is 11.7. The van der Waals surface area contributed by atoms with E-state index in [9.17, 15) is 14.9 Å². The summed E-state index contributed by atoms with van der Waals surface area (Å²) < 4.78 is 5.06. The molecule has 2 rings (SSSR count). The molecule has 0 spiro atoms. The third-order valence-electron chi connectivity index (χ3n) is 2.17. The van der Waals surface area contributed by atoms with Gasteiger partial charge in [-0.05, 0) is 6.07 Å². The van der Waals surface area contributed by atoms with E-state index in [1.807, 2.05) is 0 Å². The lowest BCUT2D eigenvalue weighted by Crippen LogP contribution is -2.34. The van der Waals surface area contributed by atoms with Crippen LogP contribution >= 0.6 is 0 Å². The Morgan fingerprint density at radius 3 is 2.75 bits per heavy atom. The van der Waals surface area contributed by atoms with E-state index >= 15 is 0 Å². The molecule has 0 aromatic heterocycles. The van der Waals surface area contributed by atoms with Gasteiger partial charge < -0.3 is 9.84 Å². The average Bonchev–Trinajstić information content (AvgIpc) is 2.27. The van der Waals surface area contributed by atoms with Crippen molar-refractivity contribution >= 4 is 12.0 Å². The number of rotatable bonds is 2. The van der Waals surface area contributed by atoms with Crippen LogP contribution in [0.25, 0.3) is 6.08 Å². The van der Waals surface area contributed by atoms with Gasteiger partial charge in [0.05, 0.1) is 4.92 Å². The van der Waals surface area contributed by atoms with Crippen LogP contribution in [0.4, 0.5) is 0 Å². The number of ether oxygens (including phenoxy) is 1. The van der Waals surface area contributed by atoms with Gasteiger partial charge in [-0.15, -0.1) is 0 Å². The molecular weight excluding hydrogens is 214 g/mol. The second kappa shape index (κ2) is 3.65. The van der Waals surface area contributed by atoms with Gasteiger partial charge in [-0.2, -0.15) is 0 Å². The lowest BCUT2D eigenvalue weighted by Gasteiger charge is -2.18. The van der Waals surface area contributed by atoms with Crippen molar-refractivity contribution in [2.75, 3.05) is 0 Å². The number of aliphatic carboxylic acids is 1. The fourth-order valence-electron chi connectivity index (χ4n) is 1.45. The molecule has 0 bridgehead atoms. The van der Waals surface area contributed by atoms with Crippen LogP contribution < -0.4 is 4.74 Å². The maximum atomic E-state index is 10.8. The number of para-hydroxylation sites is 1. The Labute approximate surface area is 89.9 Å². The zero-order valence-electron chi connectivity index (χ0n) is 7.99. The first kappa shape index (κ1) is 10.2. The van der Waals surface area contributed by atoms with Gasteiger partial charge in [-0.1, -0.05) is 18.2 Å². The summed E-state index contributed by atoms with van der Waals surface area (Å²) in [4.78, 5) is 20.7. The van der Waals surface area contributed by atoms with Crippen molar-refractivity contribution in [2.24, 2.45) is 0 Å². The maximum absolute atomic E-state index is 10.8. The molecular formula is C10H7NO5. The van der Waals surface area contributed by atoms with Gasteiger partial charge in [0.1, 0.15) is 5.75 Å². The summed E-state index contributed by atoms with van der Waals surface area (Å²) in [6.45, 7) is 0. The van der Waals surface area contributed by atoms with Crippen molar-refractivity contribution in [3.05, 3.63) is 45.6 Å². The van der Waals surface area contributed by atoms with Crippen molar-refractivity contribution in [1.82, 2.24) is 0 Å². The number of hydrogen-bond acceptors (Lipinski definition) is 4. The minimum Gasteiger partial charge on any atom is -0.478 e. The largest absolute Gasteiger partial charge is 0.478 e. The minimum absolute atomic E-state index is 0.334. The summed E-state index contributed by atoms with van der Waals surface area (Å²) in [6, 6.07) is 6.55. The molecule has 1 aromatic rings. The maximum Gasteiger partial charge on any atom is 0.356 e. The van der Waals surface area contributed by atoms with Gasteiger partial charge in [0.2, 0.25) is 0 Å². The first-order valence-electron chi connectivity index (χ1n) is 4.44. The Kier molecular flexibility index (Phi) is 2.32. The number of carboxylic acids is 1. The van der Waals surface area contributed by atoms with Gasteiger partial charge in [0.15, 0.2) is 0 Å². The second-order valence-corrected chi connectivity index (χ2v) is 3.20. The number of nitro groups is 1. The zero-order valence-corrected chi connectivity index (χ0v) is 7.99. The van der Waals surface area contributed by atoms with Crippen molar-refractivity contribution in [3.8, 4) is 5.75 Å². The van der Waals surface area contributed by atoms with E-state index in [1.165, 1.54) is 6.08 Å². The van der Waals surface area contributed by atoms with Crippen LogP contribution in [0.15, 0.2) is 30.0 Å². The Bertz CT molecular complexity index is 494. The number of carbonyl (C=O) groups is 1. The summed E-state index contributed by atoms with van der Waals surface area (Å²) in [5.74, 6) is -1.04. The lowest BCUT2D eigenvalue weighted by atomic mass is 10.1. The van der Waals surface area contributed by atoms with E-state index in [4.69, 9.17) is 9.84 Å². The highest BCUT2D eigenvalue weighted by molar-refractivity contribution is 5.80. The molecule has 1 aliphatic heterocycles. The van der Waals surface area contributed by atoms with Gasteiger partial charge in [-0.25, -0.2) is 4.79 Å². The average molecular weight is 221 g/mol. The molecule has 0 saturated carbocycles. The Morgan fingerprint density at radius 1 is 1.44 bits per heavy atom. The Balaban J connectivity index is 2.51. The summed E-state index contributed by atoms with van der Waals surface area (Å²) in [6.07, 6.45) is -0.331. The monoisotopic (exact) mass is 221 g/mol. The Hall–Kier alpha value is -2.37. The molecule has 0 saturated heterocycles. The van der Waals surface area contributed by atoms with Gasteiger partial charge >= 0.3 is 5.97 Å². The van der Waals surface area contributed by atoms with E-state index in [2.05, 4.69) is 0 Å². The smallest absolute Gasteiger partial charge is 0.356 e. The van der Waals surface area contributed by atoms with E-state index in [0.29, 0.717) is 11.3 Å². The molecule has 6 nitrogen and oxygen atoms in total. The molecule has 1 N–H and O–H groups in total. The molecule has 0 amide bonds. The number of nitrogens with zero attached hydrogens (tertiary/aromatic N) is 1. The van der Waals surface area contributed by atoms with Crippen LogP contribution in [0.3, 0.4) is 0 Å². The molecule has 0 fully saturated rings. The molecule has 16 heavy (non-hydrogen) atoms. The summed E-state index contributed by atoms with van der Waals surface area (Å²) in [7, 11) is 0. The summed E-state index contributed by atoms with van der Waals surface area (Å²) in [5.41, 5.74) is 0.0397. The lowest BCUT2D eigenvalue weighted by molar-refractivity contribution is -0.432. The predicted octanol–water partition coefficient (Wildman–Crippen LogP) is 1.15. The van der Waals surface area contributed by atoms with Crippen molar-refractivity contribution in [3.63, 3.8) is 0 Å². The number of carboxylic acid groups (broad SMARTS) is 1. The molecule has 6 heteroatoms. The molecule has 82 valence electrons. The first-order chi connectivity index (χ1) is 7.59. The number of hydrogen-bond donors (Lipinski definition) is 1. The normalized spacial score (nSPS) is 18.0. The fraction of sp³-hybridized carbons (Fsp3) is 0.100. The van der Waals surface area contributed by atoms with Gasteiger partial charge in [0.25, 0.3) is 11.8 Å². The van der Waals surface area contributed by atoms with E-state index in [0.717, 1.165) is 0 Å². The highest BCUT2D eigenvalue weighted by atomic mass is 16.6. The second-order valence-electron chi connectivity index (χ2n) is 3.20. The first-order valence-corrected chi connectivity index (χ1v) is 4.44. The van der Waals surface area contributed by atoms with E-state index in [-0.39, 0.29) is 0 Å². The highest BCUT2D eigenvalue weighted by Gasteiger charge is 2.37. The quantitative estimate of drug-likeness (QED) is 0.597. The predicted molar refractivity (Wildman–Crippen MR) is 53.5 cm³/mol. The summed E-state index contributed by atoms with van der Waals surface area (Å²) >= 11 is 0. The topological polar surface area (TPSA) is 89.7 Å². The van der Waals surface area contributed by atoms with E-state index < -0.39 is 22.7 Å². The molecule has 1 atom stereocenters. The van der Waals surface area contributed by atoms with Crippen LogP contribution in [0.5, 0.6) is 5.75 Å². The van der Waals surface area contributed by atoms with Crippen LogP contribution in [-0.2, 0) is 4.79 Å². The third kappa shape index (κ3) is 1.60. The van der Waals surface area contributed by atoms with Crippen molar-refractivity contribution < 1.29 is 19.6 Å². The van der Waals surface area contributed by atoms with Crippen LogP contribution in [0.2, 0.25) is 0 Å². The molecule has 1 unspecified atom stereocenters. The van der Waals surface area contributed by atoms with Crippen LogP contribution in [0, 0.1) is 10.1 Å². The molecule has 0 aliphatic carbocycles. The van der Waals surface area contributed by atoms with Gasteiger partial charge in [0, 0.05) is 11.6 Å². The molecule has 0 radical (unpaired) electrons. The molecule has 1 aliphatic rings.